The standard InChI is InChI=1S/C6H5ClN4O/c1-11-3-4(7)8-2-9-5(3)10-6(11)12/h2H,1H3,(H,8,9,10,12). The maximum Gasteiger partial charge on any atom is 0.327 e. The molecule has 0 aromatic carbocycles. The number of aromatic nitrogens is 4. The Morgan fingerprint density at radius 1 is 1.58 bits per heavy atom. The smallest absolute Gasteiger partial charge is 0.291 e. The van der Waals surface area contributed by atoms with Crippen LogP contribution in [-0.4, -0.2) is 19.5 Å². The van der Waals surface area contributed by atoms with E-state index < -0.39 is 0 Å². The number of fused-ring (bicyclic) bond motifs is 1. The monoisotopic (exact) mass is 184 g/mol. The van der Waals surface area contributed by atoms with E-state index >= 15 is 0 Å². The third kappa shape index (κ3) is 0.831. The average molecular weight is 185 g/mol. The highest BCUT2D eigenvalue weighted by atomic mass is 35.5. The molecule has 0 saturated heterocycles. The predicted octanol–water partition coefficient (Wildman–Crippen LogP) is 0.310. The molecule has 0 fully saturated rings. The molecule has 0 aliphatic heterocycles. The van der Waals surface area contributed by atoms with Gasteiger partial charge in [0, 0.05) is 7.05 Å². The van der Waals surface area contributed by atoms with Crippen LogP contribution in [-0.2, 0) is 7.05 Å². The van der Waals surface area contributed by atoms with Gasteiger partial charge in [-0.1, -0.05) is 11.6 Å². The topological polar surface area (TPSA) is 63.6 Å². The summed E-state index contributed by atoms with van der Waals surface area (Å²) in [5, 5.41) is 0.279. The molecule has 0 aliphatic rings. The highest BCUT2D eigenvalue weighted by Gasteiger charge is 2.07. The van der Waals surface area contributed by atoms with Gasteiger partial charge in [0.25, 0.3) is 0 Å². The van der Waals surface area contributed by atoms with Crippen LogP contribution in [0.4, 0.5) is 0 Å². The zero-order chi connectivity index (χ0) is 8.72. The van der Waals surface area contributed by atoms with Gasteiger partial charge in [0.1, 0.15) is 11.8 Å². The second-order valence-corrected chi connectivity index (χ2v) is 2.71. The summed E-state index contributed by atoms with van der Waals surface area (Å²) in [6.45, 7) is 0. The first-order valence-electron chi connectivity index (χ1n) is 3.25. The van der Waals surface area contributed by atoms with Gasteiger partial charge in [0.2, 0.25) is 0 Å². The number of hydrogen-bond acceptors (Lipinski definition) is 3. The largest absolute Gasteiger partial charge is 0.327 e. The Kier molecular flexibility index (Phi) is 1.41. The first-order chi connectivity index (χ1) is 5.70. The average Bonchev–Trinajstić information content (AvgIpc) is 2.29. The summed E-state index contributed by atoms with van der Waals surface area (Å²) >= 11 is 5.74. The number of H-pyrrole nitrogens is 1. The van der Waals surface area contributed by atoms with Crippen LogP contribution in [0.1, 0.15) is 0 Å². The van der Waals surface area contributed by atoms with Crippen molar-refractivity contribution in [3.05, 3.63) is 22.0 Å². The number of halogens is 1. The number of nitrogens with one attached hydrogen (secondary N) is 1. The van der Waals surface area contributed by atoms with Gasteiger partial charge in [-0.05, 0) is 0 Å². The summed E-state index contributed by atoms with van der Waals surface area (Å²) in [5.74, 6) is 0. The SMILES string of the molecule is Cn1c(=O)[nH]c2ncnc(Cl)c21. The Morgan fingerprint density at radius 2 is 2.33 bits per heavy atom. The Hall–Kier alpha value is -1.36. The number of imidazole rings is 1. The van der Waals surface area contributed by atoms with Gasteiger partial charge in [-0.3, -0.25) is 9.55 Å². The van der Waals surface area contributed by atoms with E-state index in [0.29, 0.717) is 11.2 Å². The number of aromatic amines is 1. The second-order valence-electron chi connectivity index (χ2n) is 2.35. The zero-order valence-electron chi connectivity index (χ0n) is 6.21. The molecular weight excluding hydrogens is 180 g/mol. The fraction of sp³-hybridized carbons (Fsp3) is 0.167. The van der Waals surface area contributed by atoms with Crippen LogP contribution in [0.3, 0.4) is 0 Å². The Morgan fingerprint density at radius 3 is 3.00 bits per heavy atom. The molecule has 6 heteroatoms. The lowest BCUT2D eigenvalue weighted by atomic mass is 10.5. The van der Waals surface area contributed by atoms with Crippen molar-refractivity contribution < 1.29 is 0 Å². The minimum absolute atomic E-state index is 0.243. The van der Waals surface area contributed by atoms with Gasteiger partial charge >= 0.3 is 5.69 Å². The first-order valence-corrected chi connectivity index (χ1v) is 3.63. The lowest BCUT2D eigenvalue weighted by Crippen LogP contribution is -2.11. The van der Waals surface area contributed by atoms with E-state index in [1.54, 1.807) is 7.05 Å². The van der Waals surface area contributed by atoms with E-state index in [1.807, 2.05) is 0 Å². The minimum atomic E-state index is -0.243. The van der Waals surface area contributed by atoms with Crippen molar-refractivity contribution in [2.45, 2.75) is 0 Å². The molecule has 2 rings (SSSR count). The molecule has 0 bridgehead atoms. The van der Waals surface area contributed by atoms with Gasteiger partial charge in [0.15, 0.2) is 10.8 Å². The molecule has 2 aromatic rings. The summed E-state index contributed by atoms with van der Waals surface area (Å²) < 4.78 is 1.37. The van der Waals surface area contributed by atoms with E-state index in [4.69, 9.17) is 11.6 Å². The Labute approximate surface area is 72.0 Å². The third-order valence-electron chi connectivity index (χ3n) is 1.64. The summed E-state index contributed by atoms with van der Waals surface area (Å²) in [4.78, 5) is 21.2. The zero-order valence-corrected chi connectivity index (χ0v) is 6.96. The van der Waals surface area contributed by atoms with E-state index in [9.17, 15) is 4.79 Å². The van der Waals surface area contributed by atoms with Crippen molar-refractivity contribution >= 4 is 22.8 Å². The molecular formula is C6H5ClN4O. The Balaban J connectivity index is 3.07. The lowest BCUT2D eigenvalue weighted by molar-refractivity contribution is 0.890. The highest BCUT2D eigenvalue weighted by molar-refractivity contribution is 6.33. The maximum absolute atomic E-state index is 11.1. The predicted molar refractivity (Wildman–Crippen MR) is 44.1 cm³/mol. The molecule has 1 N–H and O–H groups in total. The molecule has 0 unspecified atom stereocenters. The van der Waals surface area contributed by atoms with Gasteiger partial charge in [-0.2, -0.15) is 0 Å². The number of hydrogen-bond donors (Lipinski definition) is 1. The molecule has 0 atom stereocenters. The molecule has 5 nitrogen and oxygen atoms in total. The number of rotatable bonds is 0. The van der Waals surface area contributed by atoms with Crippen molar-refractivity contribution in [3.63, 3.8) is 0 Å². The van der Waals surface area contributed by atoms with E-state index in [-0.39, 0.29) is 10.8 Å². The maximum atomic E-state index is 11.1. The van der Waals surface area contributed by atoms with Crippen molar-refractivity contribution in [2.24, 2.45) is 7.05 Å². The first kappa shape index (κ1) is 7.30. The number of aryl methyl sites for hydroxylation is 1. The quantitative estimate of drug-likeness (QED) is 0.600. The van der Waals surface area contributed by atoms with E-state index in [0.717, 1.165) is 0 Å². The van der Waals surface area contributed by atoms with E-state index in [2.05, 4.69) is 15.0 Å². The van der Waals surface area contributed by atoms with Crippen molar-refractivity contribution in [1.82, 2.24) is 19.5 Å². The lowest BCUT2D eigenvalue weighted by Gasteiger charge is -1.92. The Bertz CT molecular complexity index is 486. The molecule has 62 valence electrons. The summed E-state index contributed by atoms with van der Waals surface area (Å²) in [6, 6.07) is 0. The fourth-order valence-corrected chi connectivity index (χ4v) is 1.29. The molecule has 0 amide bonds. The summed E-state index contributed by atoms with van der Waals surface area (Å²) in [5.41, 5.74) is 0.749. The molecule has 12 heavy (non-hydrogen) atoms. The summed E-state index contributed by atoms with van der Waals surface area (Å²) in [7, 11) is 1.61. The van der Waals surface area contributed by atoms with Gasteiger partial charge in [0.05, 0.1) is 0 Å². The van der Waals surface area contributed by atoms with Crippen LogP contribution >= 0.6 is 11.6 Å². The van der Waals surface area contributed by atoms with Gasteiger partial charge in [-0.15, -0.1) is 0 Å². The van der Waals surface area contributed by atoms with Crippen LogP contribution in [0.5, 0.6) is 0 Å². The van der Waals surface area contributed by atoms with Crippen molar-refractivity contribution in [2.75, 3.05) is 0 Å². The van der Waals surface area contributed by atoms with Crippen LogP contribution in [0, 0.1) is 0 Å². The summed E-state index contributed by atoms with van der Waals surface area (Å²) in [6.07, 6.45) is 1.31. The molecule has 0 spiro atoms. The molecule has 2 heterocycles. The molecule has 0 aliphatic carbocycles. The normalized spacial score (nSPS) is 10.8. The number of nitrogens with zero attached hydrogens (tertiary/aromatic N) is 3. The van der Waals surface area contributed by atoms with Crippen LogP contribution in [0.25, 0.3) is 11.2 Å². The highest BCUT2D eigenvalue weighted by Crippen LogP contribution is 2.14. The second kappa shape index (κ2) is 2.31. The van der Waals surface area contributed by atoms with Crippen LogP contribution in [0.2, 0.25) is 5.15 Å². The van der Waals surface area contributed by atoms with E-state index in [1.165, 1.54) is 10.9 Å². The minimum Gasteiger partial charge on any atom is -0.291 e. The molecule has 0 saturated carbocycles. The third-order valence-corrected chi connectivity index (χ3v) is 1.92. The van der Waals surface area contributed by atoms with Gasteiger partial charge in [-0.25, -0.2) is 14.8 Å². The van der Waals surface area contributed by atoms with Gasteiger partial charge < -0.3 is 0 Å². The van der Waals surface area contributed by atoms with Crippen molar-refractivity contribution in [1.29, 1.82) is 0 Å². The van der Waals surface area contributed by atoms with Crippen LogP contribution in [0.15, 0.2) is 11.1 Å². The molecule has 2 aromatic heterocycles. The van der Waals surface area contributed by atoms with Crippen LogP contribution < -0.4 is 5.69 Å². The fourth-order valence-electron chi connectivity index (χ4n) is 1.03. The molecule has 0 radical (unpaired) electrons. The van der Waals surface area contributed by atoms with Crippen molar-refractivity contribution in [3.8, 4) is 0 Å².